The predicted molar refractivity (Wildman–Crippen MR) is 81.3 cm³/mol. The van der Waals surface area contributed by atoms with Gasteiger partial charge in [0, 0.05) is 44.1 Å². The molecule has 1 atom stereocenters. The van der Waals surface area contributed by atoms with Gasteiger partial charge in [0.25, 0.3) is 0 Å². The van der Waals surface area contributed by atoms with Crippen LogP contribution in [0.1, 0.15) is 12.1 Å². The summed E-state index contributed by atoms with van der Waals surface area (Å²) in [6.07, 6.45) is 4.92. The van der Waals surface area contributed by atoms with Crippen molar-refractivity contribution < 1.29 is 5.11 Å². The highest BCUT2D eigenvalue weighted by Crippen LogP contribution is 2.18. The first kappa shape index (κ1) is 13.8. The smallest absolute Gasteiger partial charge is 0.224 e. The average molecular weight is 285 g/mol. The zero-order valence-electron chi connectivity index (χ0n) is 11.8. The van der Waals surface area contributed by atoms with Gasteiger partial charge < -0.3 is 15.3 Å². The summed E-state index contributed by atoms with van der Waals surface area (Å²) in [5, 5.41) is 12.8. The van der Waals surface area contributed by atoms with E-state index in [9.17, 15) is 5.11 Å². The summed E-state index contributed by atoms with van der Waals surface area (Å²) in [6, 6.07) is 7.78. The molecule has 110 valence electrons. The van der Waals surface area contributed by atoms with E-state index in [1.807, 2.05) is 24.3 Å². The zero-order chi connectivity index (χ0) is 14.5. The highest BCUT2D eigenvalue weighted by Gasteiger charge is 2.21. The van der Waals surface area contributed by atoms with Crippen molar-refractivity contribution >= 4 is 11.8 Å². The molecular weight excluding hydrogens is 266 g/mol. The molecule has 0 saturated carbocycles. The minimum atomic E-state index is -0.250. The molecule has 0 aliphatic carbocycles. The van der Waals surface area contributed by atoms with Gasteiger partial charge in [-0.2, -0.15) is 4.98 Å². The van der Waals surface area contributed by atoms with Gasteiger partial charge in [0.2, 0.25) is 5.95 Å². The third-order valence-corrected chi connectivity index (χ3v) is 3.52. The van der Waals surface area contributed by atoms with Gasteiger partial charge in [-0.05, 0) is 24.6 Å². The molecular formula is C15H19N5O. The van der Waals surface area contributed by atoms with E-state index >= 15 is 0 Å². The SMILES string of the molecule is O[C@@H]1CCN(c2ccnc(NCCc3ccccn3)n2)C1. The second-order valence-corrected chi connectivity index (χ2v) is 5.12. The Morgan fingerprint density at radius 3 is 2.95 bits per heavy atom. The van der Waals surface area contributed by atoms with E-state index < -0.39 is 0 Å². The minimum Gasteiger partial charge on any atom is -0.391 e. The van der Waals surface area contributed by atoms with Gasteiger partial charge in [-0.1, -0.05) is 6.07 Å². The molecule has 21 heavy (non-hydrogen) atoms. The van der Waals surface area contributed by atoms with E-state index in [1.54, 1.807) is 12.4 Å². The number of rotatable bonds is 5. The number of anilines is 2. The fraction of sp³-hybridized carbons (Fsp3) is 0.400. The normalized spacial score (nSPS) is 18.0. The highest BCUT2D eigenvalue weighted by molar-refractivity contribution is 5.43. The van der Waals surface area contributed by atoms with Crippen LogP contribution in [0.5, 0.6) is 0 Å². The Morgan fingerprint density at radius 2 is 2.19 bits per heavy atom. The fourth-order valence-corrected chi connectivity index (χ4v) is 2.41. The molecule has 1 aliphatic heterocycles. The molecule has 1 saturated heterocycles. The summed E-state index contributed by atoms with van der Waals surface area (Å²) in [4.78, 5) is 15.1. The lowest BCUT2D eigenvalue weighted by Gasteiger charge is -2.16. The number of hydrogen-bond donors (Lipinski definition) is 2. The Labute approximate surface area is 123 Å². The molecule has 0 spiro atoms. The molecule has 2 N–H and O–H groups in total. The van der Waals surface area contributed by atoms with Crippen LogP contribution in [0, 0.1) is 0 Å². The third kappa shape index (κ3) is 3.66. The standard InChI is InChI=1S/C15H19N5O/c21-13-6-10-20(11-13)14-5-9-18-15(19-14)17-8-4-12-3-1-2-7-16-12/h1-3,5,7,9,13,21H,4,6,8,10-11H2,(H,17,18,19)/t13-/m1/s1. The van der Waals surface area contributed by atoms with Crippen LogP contribution in [0.25, 0.3) is 0 Å². The van der Waals surface area contributed by atoms with E-state index in [0.717, 1.165) is 37.4 Å². The Hall–Kier alpha value is -2.21. The number of β-amino-alcohol motifs (C(OH)–C–C–N with tert-alkyl or cyclic N) is 1. The van der Waals surface area contributed by atoms with E-state index in [-0.39, 0.29) is 6.10 Å². The molecule has 3 rings (SSSR count). The van der Waals surface area contributed by atoms with Crippen LogP contribution in [-0.4, -0.2) is 45.8 Å². The first-order valence-corrected chi connectivity index (χ1v) is 7.21. The van der Waals surface area contributed by atoms with Crippen LogP contribution in [0.3, 0.4) is 0 Å². The first-order chi connectivity index (χ1) is 10.3. The summed E-state index contributed by atoms with van der Waals surface area (Å²) in [6.45, 7) is 2.22. The number of pyridine rings is 1. The molecule has 3 heterocycles. The van der Waals surface area contributed by atoms with Crippen LogP contribution in [0.4, 0.5) is 11.8 Å². The van der Waals surface area contributed by atoms with Crippen molar-refractivity contribution in [2.24, 2.45) is 0 Å². The maximum Gasteiger partial charge on any atom is 0.224 e. The average Bonchev–Trinajstić information content (AvgIpc) is 2.95. The van der Waals surface area contributed by atoms with Crippen molar-refractivity contribution in [3.63, 3.8) is 0 Å². The Balaban J connectivity index is 1.56. The lowest BCUT2D eigenvalue weighted by Crippen LogP contribution is -2.22. The molecule has 0 bridgehead atoms. The summed E-state index contributed by atoms with van der Waals surface area (Å²) in [7, 11) is 0. The maximum absolute atomic E-state index is 9.59. The summed E-state index contributed by atoms with van der Waals surface area (Å²) < 4.78 is 0. The fourth-order valence-electron chi connectivity index (χ4n) is 2.41. The number of hydrogen-bond acceptors (Lipinski definition) is 6. The predicted octanol–water partition coefficient (Wildman–Crippen LogP) is 1.10. The van der Waals surface area contributed by atoms with Crippen LogP contribution >= 0.6 is 0 Å². The molecule has 6 nitrogen and oxygen atoms in total. The summed E-state index contributed by atoms with van der Waals surface area (Å²) in [5.74, 6) is 1.48. The zero-order valence-corrected chi connectivity index (χ0v) is 11.8. The quantitative estimate of drug-likeness (QED) is 0.857. The summed E-state index contributed by atoms with van der Waals surface area (Å²) in [5.41, 5.74) is 1.05. The lowest BCUT2D eigenvalue weighted by atomic mass is 10.3. The largest absolute Gasteiger partial charge is 0.391 e. The van der Waals surface area contributed by atoms with Crippen LogP contribution in [0.15, 0.2) is 36.7 Å². The highest BCUT2D eigenvalue weighted by atomic mass is 16.3. The van der Waals surface area contributed by atoms with E-state index in [0.29, 0.717) is 12.5 Å². The van der Waals surface area contributed by atoms with Crippen molar-refractivity contribution in [2.75, 3.05) is 29.9 Å². The maximum atomic E-state index is 9.59. The number of aliphatic hydroxyl groups excluding tert-OH is 1. The Morgan fingerprint density at radius 1 is 1.24 bits per heavy atom. The molecule has 2 aromatic heterocycles. The van der Waals surface area contributed by atoms with E-state index in [1.165, 1.54) is 0 Å². The third-order valence-electron chi connectivity index (χ3n) is 3.52. The van der Waals surface area contributed by atoms with Crippen molar-refractivity contribution in [1.29, 1.82) is 0 Å². The number of nitrogens with one attached hydrogen (secondary N) is 1. The number of aliphatic hydroxyl groups is 1. The van der Waals surface area contributed by atoms with Crippen LogP contribution in [-0.2, 0) is 6.42 Å². The van der Waals surface area contributed by atoms with E-state index in [4.69, 9.17) is 0 Å². The van der Waals surface area contributed by atoms with Crippen LogP contribution in [0.2, 0.25) is 0 Å². The van der Waals surface area contributed by atoms with Gasteiger partial charge in [-0.15, -0.1) is 0 Å². The van der Waals surface area contributed by atoms with Gasteiger partial charge >= 0.3 is 0 Å². The van der Waals surface area contributed by atoms with Gasteiger partial charge in [-0.25, -0.2) is 4.98 Å². The first-order valence-electron chi connectivity index (χ1n) is 7.21. The Kier molecular flexibility index (Phi) is 4.25. The van der Waals surface area contributed by atoms with Gasteiger partial charge in [0.1, 0.15) is 5.82 Å². The molecule has 1 aliphatic rings. The van der Waals surface area contributed by atoms with Gasteiger partial charge in [0.15, 0.2) is 0 Å². The molecule has 0 radical (unpaired) electrons. The molecule has 0 amide bonds. The molecule has 1 fully saturated rings. The van der Waals surface area contributed by atoms with Gasteiger partial charge in [0.05, 0.1) is 6.10 Å². The molecule has 2 aromatic rings. The van der Waals surface area contributed by atoms with E-state index in [2.05, 4.69) is 25.2 Å². The second-order valence-electron chi connectivity index (χ2n) is 5.12. The molecule has 6 heteroatoms. The van der Waals surface area contributed by atoms with Crippen molar-refractivity contribution in [1.82, 2.24) is 15.0 Å². The minimum absolute atomic E-state index is 0.250. The Bertz CT molecular complexity index is 577. The summed E-state index contributed by atoms with van der Waals surface area (Å²) >= 11 is 0. The molecule has 0 aromatic carbocycles. The lowest BCUT2D eigenvalue weighted by molar-refractivity contribution is 0.198. The van der Waals surface area contributed by atoms with Crippen molar-refractivity contribution in [2.45, 2.75) is 18.9 Å². The topological polar surface area (TPSA) is 74.2 Å². The van der Waals surface area contributed by atoms with Gasteiger partial charge in [-0.3, -0.25) is 4.98 Å². The van der Waals surface area contributed by atoms with Crippen molar-refractivity contribution in [3.8, 4) is 0 Å². The number of nitrogens with zero attached hydrogens (tertiary/aromatic N) is 4. The monoisotopic (exact) mass is 285 g/mol. The molecule has 0 unspecified atom stereocenters. The second kappa shape index (κ2) is 6.49. The number of aromatic nitrogens is 3. The van der Waals surface area contributed by atoms with Crippen LogP contribution < -0.4 is 10.2 Å². The van der Waals surface area contributed by atoms with Crippen molar-refractivity contribution in [3.05, 3.63) is 42.4 Å².